The Morgan fingerprint density at radius 3 is 2.76 bits per heavy atom. The number of para-hydroxylation sites is 1. The Hall–Kier alpha value is -1.20. The second-order valence-electron chi connectivity index (χ2n) is 6.15. The topological polar surface area (TPSA) is 55.1 Å². The molecule has 0 saturated heterocycles. The number of benzene rings is 1. The number of halogens is 1. The second-order valence-corrected chi connectivity index (χ2v) is 7.50. The van der Waals surface area contributed by atoms with E-state index in [2.05, 4.69) is 30.3 Å². The van der Waals surface area contributed by atoms with Crippen LogP contribution in [0.4, 0.5) is 0 Å². The summed E-state index contributed by atoms with van der Waals surface area (Å²) < 4.78 is 2.07. The number of carboxylic acid groups (broad SMARTS) is 1. The molecule has 0 amide bonds. The highest BCUT2D eigenvalue weighted by molar-refractivity contribution is 7.99. The fourth-order valence-electron chi connectivity index (χ4n) is 1.99. The van der Waals surface area contributed by atoms with Crippen LogP contribution in [0.5, 0.6) is 0 Å². The molecule has 1 aromatic carbocycles. The molecule has 0 spiro atoms. The lowest BCUT2D eigenvalue weighted by Gasteiger charge is -2.19. The quantitative estimate of drug-likeness (QED) is 0.832. The van der Waals surface area contributed by atoms with E-state index < -0.39 is 5.97 Å². The van der Waals surface area contributed by atoms with Crippen LogP contribution in [0.1, 0.15) is 27.2 Å². The van der Waals surface area contributed by atoms with Crippen molar-refractivity contribution in [3.8, 4) is 0 Å². The molecule has 6 heteroatoms. The maximum absolute atomic E-state index is 10.8. The Morgan fingerprint density at radius 2 is 2.14 bits per heavy atom. The molecule has 1 N–H and O–H groups in total. The lowest BCUT2D eigenvalue weighted by molar-refractivity contribution is -0.133. The van der Waals surface area contributed by atoms with Gasteiger partial charge >= 0.3 is 5.97 Å². The van der Waals surface area contributed by atoms with Gasteiger partial charge in [0.05, 0.1) is 16.3 Å². The highest BCUT2D eigenvalue weighted by Gasteiger charge is 2.17. The molecule has 0 radical (unpaired) electrons. The molecular formula is C15H19ClN2O2S. The van der Waals surface area contributed by atoms with Crippen LogP contribution in [-0.4, -0.2) is 26.4 Å². The molecule has 0 unspecified atom stereocenters. The van der Waals surface area contributed by atoms with Gasteiger partial charge in [-0.3, -0.25) is 4.79 Å². The molecule has 2 rings (SSSR count). The second kappa shape index (κ2) is 6.28. The summed E-state index contributed by atoms with van der Waals surface area (Å²) in [6.45, 7) is 7.35. The first-order chi connectivity index (χ1) is 9.78. The van der Waals surface area contributed by atoms with E-state index in [-0.39, 0.29) is 11.2 Å². The molecule has 4 nitrogen and oxygen atoms in total. The van der Waals surface area contributed by atoms with Gasteiger partial charge in [-0.15, -0.1) is 0 Å². The van der Waals surface area contributed by atoms with E-state index in [0.29, 0.717) is 10.2 Å². The predicted molar refractivity (Wildman–Crippen MR) is 87.2 cm³/mol. The maximum Gasteiger partial charge on any atom is 0.313 e. The van der Waals surface area contributed by atoms with Gasteiger partial charge < -0.3 is 9.67 Å². The number of carbonyl (C=O) groups is 1. The van der Waals surface area contributed by atoms with E-state index in [9.17, 15) is 4.79 Å². The summed E-state index contributed by atoms with van der Waals surface area (Å²) in [6.07, 6.45) is 0.978. The lowest BCUT2D eigenvalue weighted by atomic mass is 9.92. The molecule has 0 atom stereocenters. The van der Waals surface area contributed by atoms with Gasteiger partial charge in [0, 0.05) is 6.54 Å². The number of fused-ring (bicyclic) bond motifs is 1. The normalized spacial score (nSPS) is 12.0. The molecule has 21 heavy (non-hydrogen) atoms. The summed E-state index contributed by atoms with van der Waals surface area (Å²) in [5, 5.41) is 10.2. The average Bonchev–Trinajstić information content (AvgIpc) is 2.72. The van der Waals surface area contributed by atoms with E-state index in [1.54, 1.807) is 6.07 Å². The van der Waals surface area contributed by atoms with Gasteiger partial charge in [-0.05, 0) is 24.0 Å². The zero-order valence-corrected chi connectivity index (χ0v) is 14.0. The Kier molecular flexibility index (Phi) is 4.84. The van der Waals surface area contributed by atoms with Crippen molar-refractivity contribution in [2.75, 3.05) is 5.75 Å². The minimum absolute atomic E-state index is 0.00351. The Balaban J connectivity index is 2.39. The molecule has 0 bridgehead atoms. The van der Waals surface area contributed by atoms with Crippen LogP contribution in [-0.2, 0) is 11.3 Å². The van der Waals surface area contributed by atoms with Gasteiger partial charge in [0.15, 0.2) is 5.16 Å². The first-order valence-electron chi connectivity index (χ1n) is 6.77. The number of rotatable bonds is 5. The molecule has 0 aliphatic rings. The number of hydrogen-bond acceptors (Lipinski definition) is 3. The average molecular weight is 327 g/mol. The highest BCUT2D eigenvalue weighted by Crippen LogP contribution is 2.30. The van der Waals surface area contributed by atoms with Gasteiger partial charge in [-0.2, -0.15) is 0 Å². The van der Waals surface area contributed by atoms with E-state index in [0.717, 1.165) is 24.0 Å². The van der Waals surface area contributed by atoms with E-state index in [4.69, 9.17) is 16.7 Å². The number of aliphatic carboxylic acids is 1. The van der Waals surface area contributed by atoms with Crippen LogP contribution >= 0.6 is 23.4 Å². The fraction of sp³-hybridized carbons (Fsp3) is 0.467. The third kappa shape index (κ3) is 4.14. The van der Waals surface area contributed by atoms with Crippen LogP contribution < -0.4 is 0 Å². The number of hydrogen-bond donors (Lipinski definition) is 1. The smallest absolute Gasteiger partial charge is 0.313 e. The molecule has 1 aromatic heterocycles. The summed E-state index contributed by atoms with van der Waals surface area (Å²) in [5.74, 6) is -0.850. The maximum atomic E-state index is 10.8. The van der Waals surface area contributed by atoms with Crippen molar-refractivity contribution in [1.29, 1.82) is 0 Å². The summed E-state index contributed by atoms with van der Waals surface area (Å²) in [4.78, 5) is 15.3. The number of imidazole rings is 1. The van der Waals surface area contributed by atoms with Crippen LogP contribution in [0.25, 0.3) is 11.0 Å². The number of aromatic nitrogens is 2. The van der Waals surface area contributed by atoms with Crippen molar-refractivity contribution in [3.63, 3.8) is 0 Å². The van der Waals surface area contributed by atoms with Crippen molar-refractivity contribution in [2.24, 2.45) is 5.41 Å². The molecule has 0 saturated carbocycles. The Morgan fingerprint density at radius 1 is 1.43 bits per heavy atom. The molecule has 2 aromatic rings. The molecule has 114 valence electrons. The number of carboxylic acids is 1. The van der Waals surface area contributed by atoms with E-state index in [1.165, 1.54) is 11.8 Å². The summed E-state index contributed by atoms with van der Waals surface area (Å²) in [6, 6.07) is 5.67. The van der Waals surface area contributed by atoms with Crippen LogP contribution in [0.2, 0.25) is 5.02 Å². The largest absolute Gasteiger partial charge is 0.481 e. The number of nitrogens with zero attached hydrogens (tertiary/aromatic N) is 2. The van der Waals surface area contributed by atoms with Gasteiger partial charge in [0.25, 0.3) is 0 Å². The fourth-order valence-corrected chi connectivity index (χ4v) is 2.96. The van der Waals surface area contributed by atoms with Crippen molar-refractivity contribution < 1.29 is 9.90 Å². The predicted octanol–water partition coefficient (Wildman–Crippen LogP) is 4.30. The molecule has 0 aliphatic carbocycles. The zero-order chi connectivity index (χ0) is 15.6. The third-order valence-corrected chi connectivity index (χ3v) is 4.37. The zero-order valence-electron chi connectivity index (χ0n) is 12.4. The van der Waals surface area contributed by atoms with Crippen molar-refractivity contribution in [1.82, 2.24) is 9.55 Å². The first-order valence-corrected chi connectivity index (χ1v) is 8.13. The monoisotopic (exact) mass is 326 g/mol. The lowest BCUT2D eigenvalue weighted by Crippen LogP contribution is -2.11. The number of thioether (sulfide) groups is 1. The van der Waals surface area contributed by atoms with E-state index >= 15 is 0 Å². The van der Waals surface area contributed by atoms with E-state index in [1.807, 2.05) is 12.1 Å². The molecular weight excluding hydrogens is 308 g/mol. The molecule has 0 fully saturated rings. The highest BCUT2D eigenvalue weighted by atomic mass is 35.5. The van der Waals surface area contributed by atoms with Gasteiger partial charge in [-0.25, -0.2) is 4.98 Å². The standard InChI is InChI=1S/C15H19ClN2O2S/c1-15(2,3)7-8-18-11-6-4-5-10(16)13(11)17-14(18)21-9-12(19)20/h4-6H,7-9H2,1-3H3,(H,19,20). The minimum atomic E-state index is -0.847. The summed E-state index contributed by atoms with van der Waals surface area (Å²) >= 11 is 7.43. The minimum Gasteiger partial charge on any atom is -0.481 e. The van der Waals surface area contributed by atoms with Crippen molar-refractivity contribution in [2.45, 2.75) is 38.9 Å². The SMILES string of the molecule is CC(C)(C)CCn1c(SCC(=O)O)nc2c(Cl)cccc21. The Labute approximate surface area is 133 Å². The first kappa shape index (κ1) is 16.2. The van der Waals surface area contributed by atoms with Crippen molar-refractivity contribution >= 4 is 40.4 Å². The van der Waals surface area contributed by atoms with Crippen LogP contribution in [0.3, 0.4) is 0 Å². The molecule has 0 aliphatic heterocycles. The van der Waals surface area contributed by atoms with Gasteiger partial charge in [-0.1, -0.05) is 50.2 Å². The van der Waals surface area contributed by atoms with Crippen molar-refractivity contribution in [3.05, 3.63) is 23.2 Å². The Bertz CT molecular complexity index is 661. The summed E-state index contributed by atoms with van der Waals surface area (Å²) in [7, 11) is 0. The van der Waals surface area contributed by atoms with Gasteiger partial charge in [0.1, 0.15) is 5.52 Å². The number of aryl methyl sites for hydroxylation is 1. The van der Waals surface area contributed by atoms with Crippen LogP contribution in [0, 0.1) is 5.41 Å². The summed E-state index contributed by atoms with van der Waals surface area (Å²) in [5.41, 5.74) is 1.89. The van der Waals surface area contributed by atoms with Crippen LogP contribution in [0.15, 0.2) is 23.4 Å². The molecule has 1 heterocycles. The third-order valence-electron chi connectivity index (χ3n) is 3.10. The van der Waals surface area contributed by atoms with Gasteiger partial charge in [0.2, 0.25) is 0 Å².